The third-order valence-electron chi connectivity index (χ3n) is 3.74. The van der Waals surface area contributed by atoms with Crippen LogP contribution >= 0.6 is 0 Å². The standard InChI is InChI=1S/C16H25NO3S/c1-12-10-17(11-13(2)20-12)21(18,19)15-8-6-14(7-9-15)16(3,4)5/h6-9,12-13H,10-11H2,1-5H3/t12-,13-/m0/s1. The second-order valence-electron chi connectivity index (χ2n) is 6.85. The Kier molecular flexibility index (Phi) is 4.47. The first kappa shape index (κ1) is 16.5. The van der Waals surface area contributed by atoms with Crippen molar-refractivity contribution in [2.45, 2.75) is 57.1 Å². The smallest absolute Gasteiger partial charge is 0.243 e. The van der Waals surface area contributed by atoms with Crippen LogP contribution in [0.15, 0.2) is 29.2 Å². The Morgan fingerprint density at radius 3 is 1.95 bits per heavy atom. The van der Waals surface area contributed by atoms with E-state index in [4.69, 9.17) is 4.74 Å². The fraction of sp³-hybridized carbons (Fsp3) is 0.625. The number of benzene rings is 1. The molecule has 0 spiro atoms. The Morgan fingerprint density at radius 2 is 1.52 bits per heavy atom. The van der Waals surface area contributed by atoms with Crippen LogP contribution in [0, 0.1) is 0 Å². The van der Waals surface area contributed by atoms with Gasteiger partial charge in [-0.1, -0.05) is 32.9 Å². The third kappa shape index (κ3) is 3.65. The SMILES string of the molecule is C[C@H]1CN(S(=O)(=O)c2ccc(C(C)(C)C)cc2)C[C@H](C)O1. The van der Waals surface area contributed by atoms with Gasteiger partial charge < -0.3 is 4.74 Å². The normalized spacial score (nSPS) is 25.0. The van der Waals surface area contributed by atoms with Crippen LogP contribution in [0.1, 0.15) is 40.2 Å². The van der Waals surface area contributed by atoms with Crippen LogP contribution in [0.2, 0.25) is 0 Å². The molecule has 4 nitrogen and oxygen atoms in total. The highest BCUT2D eigenvalue weighted by Crippen LogP contribution is 2.26. The number of rotatable bonds is 2. The lowest BCUT2D eigenvalue weighted by molar-refractivity contribution is -0.0440. The predicted octanol–water partition coefficient (Wildman–Crippen LogP) is 2.78. The van der Waals surface area contributed by atoms with Crippen LogP contribution in [-0.2, 0) is 20.2 Å². The summed E-state index contributed by atoms with van der Waals surface area (Å²) < 4.78 is 32.6. The van der Waals surface area contributed by atoms with E-state index in [1.54, 1.807) is 12.1 Å². The first-order valence-corrected chi connectivity index (χ1v) is 8.81. The molecule has 0 radical (unpaired) electrons. The number of hydrogen-bond donors (Lipinski definition) is 0. The number of sulfonamides is 1. The Balaban J connectivity index is 2.27. The summed E-state index contributed by atoms with van der Waals surface area (Å²) in [6.07, 6.45) is -0.144. The van der Waals surface area contributed by atoms with Crippen LogP contribution in [0.3, 0.4) is 0 Å². The molecule has 0 N–H and O–H groups in total. The van der Waals surface area contributed by atoms with E-state index < -0.39 is 10.0 Å². The van der Waals surface area contributed by atoms with Gasteiger partial charge in [0.15, 0.2) is 0 Å². The summed E-state index contributed by atoms with van der Waals surface area (Å²) in [6.45, 7) is 11.0. The number of morpholine rings is 1. The molecular weight excluding hydrogens is 286 g/mol. The highest BCUT2D eigenvalue weighted by Gasteiger charge is 2.32. The zero-order valence-electron chi connectivity index (χ0n) is 13.5. The van der Waals surface area contributed by atoms with Gasteiger partial charge in [0.2, 0.25) is 10.0 Å². The lowest BCUT2D eigenvalue weighted by Crippen LogP contribution is -2.48. The molecule has 1 aromatic carbocycles. The molecule has 1 saturated heterocycles. The first-order chi connectivity index (χ1) is 9.60. The quantitative estimate of drug-likeness (QED) is 0.844. The summed E-state index contributed by atoms with van der Waals surface area (Å²) in [4.78, 5) is 0.358. The van der Waals surface area contributed by atoms with Gasteiger partial charge in [-0.05, 0) is 37.0 Å². The number of ether oxygens (including phenoxy) is 1. The topological polar surface area (TPSA) is 46.6 Å². The maximum atomic E-state index is 12.7. The largest absolute Gasteiger partial charge is 0.373 e. The fourth-order valence-corrected chi connectivity index (χ4v) is 4.19. The maximum absolute atomic E-state index is 12.7. The molecule has 5 heteroatoms. The van der Waals surface area contributed by atoms with E-state index in [0.717, 1.165) is 5.56 Å². The lowest BCUT2D eigenvalue weighted by atomic mass is 9.87. The molecule has 0 amide bonds. The molecule has 1 aromatic rings. The predicted molar refractivity (Wildman–Crippen MR) is 83.9 cm³/mol. The Morgan fingerprint density at radius 1 is 1.05 bits per heavy atom. The summed E-state index contributed by atoms with van der Waals surface area (Å²) in [5.41, 5.74) is 1.15. The molecule has 1 fully saturated rings. The second kappa shape index (κ2) is 5.71. The molecule has 21 heavy (non-hydrogen) atoms. The molecule has 0 aliphatic carbocycles. The second-order valence-corrected chi connectivity index (χ2v) is 8.79. The van der Waals surface area contributed by atoms with Gasteiger partial charge in [-0.3, -0.25) is 0 Å². The van der Waals surface area contributed by atoms with Gasteiger partial charge in [-0.25, -0.2) is 8.42 Å². The Bertz CT molecular complexity index is 577. The highest BCUT2D eigenvalue weighted by atomic mass is 32.2. The van der Waals surface area contributed by atoms with Crippen molar-refractivity contribution in [3.63, 3.8) is 0 Å². The van der Waals surface area contributed by atoms with Crippen LogP contribution in [0.5, 0.6) is 0 Å². The minimum atomic E-state index is -3.44. The van der Waals surface area contributed by atoms with Crippen LogP contribution < -0.4 is 0 Å². The van der Waals surface area contributed by atoms with Gasteiger partial charge in [0.05, 0.1) is 17.1 Å². The molecule has 0 aromatic heterocycles. The summed E-state index contributed by atoms with van der Waals surface area (Å²) in [5.74, 6) is 0. The van der Waals surface area contributed by atoms with Crippen LogP contribution in [0.4, 0.5) is 0 Å². The lowest BCUT2D eigenvalue weighted by Gasteiger charge is -2.34. The molecule has 2 atom stereocenters. The van der Waals surface area contributed by atoms with Crippen molar-refractivity contribution in [1.29, 1.82) is 0 Å². The molecule has 1 aliphatic heterocycles. The van der Waals surface area contributed by atoms with Crippen molar-refractivity contribution in [2.75, 3.05) is 13.1 Å². The Labute approximate surface area is 128 Å². The fourth-order valence-electron chi connectivity index (χ4n) is 2.60. The molecule has 1 heterocycles. The van der Waals surface area contributed by atoms with Crippen molar-refractivity contribution in [1.82, 2.24) is 4.31 Å². The maximum Gasteiger partial charge on any atom is 0.243 e. The highest BCUT2D eigenvalue weighted by molar-refractivity contribution is 7.89. The van der Waals surface area contributed by atoms with E-state index in [1.807, 2.05) is 26.0 Å². The summed E-state index contributed by atoms with van der Waals surface area (Å²) in [6, 6.07) is 7.22. The van der Waals surface area contributed by atoms with Crippen LogP contribution in [0.25, 0.3) is 0 Å². The van der Waals surface area contributed by atoms with Crippen molar-refractivity contribution >= 4 is 10.0 Å². The van der Waals surface area contributed by atoms with Crippen molar-refractivity contribution < 1.29 is 13.2 Å². The minimum Gasteiger partial charge on any atom is -0.373 e. The molecule has 2 rings (SSSR count). The van der Waals surface area contributed by atoms with Crippen LogP contribution in [-0.4, -0.2) is 38.0 Å². The molecule has 118 valence electrons. The third-order valence-corrected chi connectivity index (χ3v) is 5.59. The van der Waals surface area contributed by atoms with E-state index >= 15 is 0 Å². The van der Waals surface area contributed by atoms with Gasteiger partial charge >= 0.3 is 0 Å². The average Bonchev–Trinajstić information content (AvgIpc) is 2.36. The zero-order valence-corrected chi connectivity index (χ0v) is 14.3. The van der Waals surface area contributed by atoms with Crippen molar-refractivity contribution in [3.8, 4) is 0 Å². The summed E-state index contributed by atoms with van der Waals surface area (Å²) in [5, 5.41) is 0. The van der Waals surface area contributed by atoms with E-state index in [2.05, 4.69) is 20.8 Å². The summed E-state index contributed by atoms with van der Waals surface area (Å²) >= 11 is 0. The Hall–Kier alpha value is -0.910. The summed E-state index contributed by atoms with van der Waals surface area (Å²) in [7, 11) is -3.44. The van der Waals surface area contributed by atoms with E-state index in [0.29, 0.717) is 18.0 Å². The van der Waals surface area contributed by atoms with Gasteiger partial charge in [0.1, 0.15) is 0 Å². The van der Waals surface area contributed by atoms with Crippen molar-refractivity contribution in [3.05, 3.63) is 29.8 Å². The molecular formula is C16H25NO3S. The van der Waals surface area contributed by atoms with Gasteiger partial charge in [-0.15, -0.1) is 0 Å². The molecule has 0 unspecified atom stereocenters. The average molecular weight is 311 g/mol. The molecule has 0 bridgehead atoms. The van der Waals surface area contributed by atoms with Gasteiger partial charge in [0, 0.05) is 13.1 Å². The van der Waals surface area contributed by atoms with Gasteiger partial charge in [0.25, 0.3) is 0 Å². The van der Waals surface area contributed by atoms with E-state index in [-0.39, 0.29) is 17.6 Å². The zero-order chi connectivity index (χ0) is 15.8. The van der Waals surface area contributed by atoms with Gasteiger partial charge in [-0.2, -0.15) is 4.31 Å². The van der Waals surface area contributed by atoms with E-state index in [1.165, 1.54) is 4.31 Å². The minimum absolute atomic E-state index is 0.0181. The van der Waals surface area contributed by atoms with Crippen molar-refractivity contribution in [2.24, 2.45) is 0 Å². The molecule has 1 aliphatic rings. The molecule has 0 saturated carbocycles. The number of hydrogen-bond acceptors (Lipinski definition) is 3. The first-order valence-electron chi connectivity index (χ1n) is 7.37. The monoisotopic (exact) mass is 311 g/mol. The van der Waals surface area contributed by atoms with E-state index in [9.17, 15) is 8.42 Å². The number of nitrogens with zero attached hydrogens (tertiary/aromatic N) is 1.